The van der Waals surface area contributed by atoms with Crippen molar-refractivity contribution in [3.8, 4) is 0 Å². The van der Waals surface area contributed by atoms with Crippen molar-refractivity contribution in [1.29, 1.82) is 0 Å². The molecule has 10 rings (SSSR count). The van der Waals surface area contributed by atoms with E-state index in [1.54, 1.807) is 28.2 Å². The Labute approximate surface area is 474 Å². The quantitative estimate of drug-likeness (QED) is 0.104. The van der Waals surface area contributed by atoms with Crippen molar-refractivity contribution in [2.24, 2.45) is 0 Å². The number of rotatable bonds is 7. The topological polar surface area (TPSA) is 178 Å². The average molecular weight is 1650 g/mol. The molecule has 0 bridgehead atoms. The summed E-state index contributed by atoms with van der Waals surface area (Å²) in [5, 5.41) is 33.4. The molecule has 2 saturated heterocycles. The molecule has 2 fully saturated rings. The number of nitrogens with one attached hydrogen (secondary N) is 1. The Bertz CT molecular complexity index is 2720. The maximum absolute atomic E-state index is 13.4. The first-order valence-electron chi connectivity index (χ1n) is 22.6. The van der Waals surface area contributed by atoms with Crippen LogP contribution in [0.4, 0.5) is 8.78 Å². The van der Waals surface area contributed by atoms with Crippen LogP contribution in [0, 0.1) is 25.5 Å². The molecule has 3 N–H and O–H groups in total. The van der Waals surface area contributed by atoms with Gasteiger partial charge in [0.05, 0.1) is 11.4 Å². The fraction of sp³-hybridized carbons (Fsp3) is 0.522. The summed E-state index contributed by atoms with van der Waals surface area (Å²) in [7, 11) is 0. The molecule has 380 valence electrons. The van der Waals surface area contributed by atoms with Gasteiger partial charge in [0.15, 0.2) is 11.2 Å². The van der Waals surface area contributed by atoms with Crippen LogP contribution in [0.5, 0.6) is 0 Å². The average Bonchev–Trinajstić information content (AvgIpc) is 3.97. The number of aliphatic hydroxyl groups excluding tert-OH is 2. The van der Waals surface area contributed by atoms with Gasteiger partial charge in [-0.1, -0.05) is 10.3 Å². The summed E-state index contributed by atoms with van der Waals surface area (Å²) in [6, 6.07) is 9.20. The molecule has 2 unspecified atom stereocenters. The summed E-state index contributed by atoms with van der Waals surface area (Å²) in [5.74, 6) is 1.57. The predicted octanol–water partition coefficient (Wildman–Crippen LogP) is 7.84. The maximum atomic E-state index is 13.4. The third kappa shape index (κ3) is 15.3. The second kappa shape index (κ2) is 29.6. The third-order valence-corrected chi connectivity index (χ3v) is 13.1. The number of aliphatic hydroxyl groups is 2. The van der Waals surface area contributed by atoms with Crippen LogP contribution in [0.1, 0.15) is 121 Å². The zero-order valence-electron chi connectivity index (χ0n) is 38.1. The Morgan fingerprint density at radius 3 is 1.61 bits per heavy atom. The van der Waals surface area contributed by atoms with Crippen LogP contribution in [0.2, 0.25) is 0 Å². The molecule has 4 aliphatic rings. The van der Waals surface area contributed by atoms with Crippen molar-refractivity contribution in [3.05, 3.63) is 114 Å². The van der Waals surface area contributed by atoms with Crippen molar-refractivity contribution < 1.29 is 41.3 Å². The molecule has 4 aromatic heterocycles. The van der Waals surface area contributed by atoms with Gasteiger partial charge in [-0.15, -0.1) is 35.6 Å². The van der Waals surface area contributed by atoms with Crippen molar-refractivity contribution in [2.75, 3.05) is 38.6 Å². The van der Waals surface area contributed by atoms with E-state index in [9.17, 15) is 28.6 Å². The van der Waals surface area contributed by atoms with E-state index in [-0.39, 0.29) is 46.7 Å². The van der Waals surface area contributed by atoms with Gasteiger partial charge in [-0.2, -0.15) is 0 Å². The molecule has 0 spiro atoms. The molecular formula is C46H56ClF2I6N8O6-. The van der Waals surface area contributed by atoms with Crippen LogP contribution < -0.4 is 29.7 Å². The Hall–Kier alpha value is -0.490. The first-order chi connectivity index (χ1) is 32.9. The second-order valence-electron chi connectivity index (χ2n) is 17.1. The van der Waals surface area contributed by atoms with E-state index < -0.39 is 12.2 Å². The fourth-order valence-corrected chi connectivity index (χ4v) is 9.63. The normalized spacial score (nSPS) is 18.2. The standard InChI is InChI=1S/C23H27FN4O3.C12H13FN2O.C11H15ClN2O2.I3.I2.HI/c1-14-17(23(30)28-9-2-3-19(29)22(28)25-14)8-12-27-10-6-15(7-11-27)21-18-5-4-16(24)13-20(18)31-26-21;13-9-1-2-10-11(7-9)16-15-12(10)8-3-5-14-6-4-8;1-7-8(4-5-12)11(16)14-6-2-3-9(15)10(14)13-7;1-3-2;1-2;/h4-5,13,15,19,29H,2-3,6-12H2,1H3;1-2,7-8,14H,3-6H2;9,15H,2-6H2,1H3;;;1H/q;;;-1;;. The van der Waals surface area contributed by atoms with E-state index in [0.29, 0.717) is 104 Å². The first-order valence-corrected chi connectivity index (χ1v) is 42.0. The molecule has 6 aromatic rings. The van der Waals surface area contributed by atoms with Crippen LogP contribution in [0.25, 0.3) is 21.9 Å². The molecule has 2 atom stereocenters. The summed E-state index contributed by atoms with van der Waals surface area (Å²) in [4.78, 5) is 36.3. The molecule has 14 nitrogen and oxygen atoms in total. The number of benzene rings is 2. The molecule has 8 heterocycles. The number of aryl methyl sites for hydroxylation is 2. The van der Waals surface area contributed by atoms with Crippen LogP contribution in [-0.4, -0.2) is 83.1 Å². The van der Waals surface area contributed by atoms with Gasteiger partial charge in [-0.05, 0) is 129 Å². The third-order valence-electron chi connectivity index (χ3n) is 13.0. The monoisotopic (exact) mass is 1650 g/mol. The summed E-state index contributed by atoms with van der Waals surface area (Å²) < 4.78 is 40.1. The van der Waals surface area contributed by atoms with E-state index in [1.807, 2.05) is 6.92 Å². The summed E-state index contributed by atoms with van der Waals surface area (Å²) >= 11 is 15.2. The summed E-state index contributed by atoms with van der Waals surface area (Å²) in [6.07, 6.45) is 6.95. The number of nitrogens with zero attached hydrogens (tertiary/aromatic N) is 7. The zero-order valence-corrected chi connectivity index (χ0v) is 52.0. The number of piperidine rings is 2. The van der Waals surface area contributed by atoms with E-state index in [1.165, 1.54) is 24.3 Å². The number of likely N-dealkylation sites (tertiary alicyclic amines) is 1. The Morgan fingerprint density at radius 2 is 1.16 bits per heavy atom. The van der Waals surface area contributed by atoms with Crippen molar-refractivity contribution in [3.63, 3.8) is 0 Å². The number of fused-ring (bicyclic) bond motifs is 4. The molecule has 69 heavy (non-hydrogen) atoms. The van der Waals surface area contributed by atoms with Gasteiger partial charge in [-0.25, -0.2) is 18.7 Å². The fourth-order valence-electron chi connectivity index (χ4n) is 9.44. The zero-order chi connectivity index (χ0) is 48.9. The Balaban J connectivity index is 0.000000198. The number of hydrogen-bond donors (Lipinski definition) is 3. The molecule has 0 saturated carbocycles. The van der Waals surface area contributed by atoms with E-state index >= 15 is 0 Å². The van der Waals surface area contributed by atoms with Crippen molar-refractivity contribution >= 4 is 132 Å². The minimum absolute atomic E-state index is 0. The number of aromatic nitrogens is 6. The molecule has 0 aliphatic carbocycles. The number of halogens is 9. The van der Waals surface area contributed by atoms with Crippen molar-refractivity contribution in [1.82, 2.24) is 39.6 Å². The Morgan fingerprint density at radius 1 is 0.725 bits per heavy atom. The van der Waals surface area contributed by atoms with E-state index in [4.69, 9.17) is 20.6 Å². The van der Waals surface area contributed by atoms with Gasteiger partial charge < -0.3 is 29.5 Å². The SMILES string of the molecule is Cc1nc2n(c(=O)c1CCCl)CCCC2O.Cc1nc2n(c(=O)c1CCN1CCC(c3noc4cc(F)ccc34)CC1)CCCC2O.Fc1ccc2c(C3CCNCC3)noc2c1.I.II.I[I-]I. The molecule has 0 radical (unpaired) electrons. The second-order valence-corrected chi connectivity index (χ2v) is 33.7. The molecule has 23 heteroatoms. The van der Waals surface area contributed by atoms with Crippen LogP contribution in [0.15, 0.2) is 55.0 Å². The van der Waals surface area contributed by atoms with Gasteiger partial charge >= 0.3 is 50.5 Å². The van der Waals surface area contributed by atoms with Gasteiger partial charge in [0.2, 0.25) is 0 Å². The summed E-state index contributed by atoms with van der Waals surface area (Å²) in [5.41, 5.74) is 5.76. The van der Waals surface area contributed by atoms with Crippen LogP contribution >= 0.6 is 110 Å². The minimum atomic E-state index is -0.641. The molecule has 2 aromatic carbocycles. The molecular weight excluding hydrogens is 1600 g/mol. The van der Waals surface area contributed by atoms with Gasteiger partial charge in [0.25, 0.3) is 11.1 Å². The number of alkyl halides is 1. The van der Waals surface area contributed by atoms with Gasteiger partial charge in [0, 0.05) is 120 Å². The Kier molecular flexibility index (Phi) is 25.4. The van der Waals surface area contributed by atoms with Crippen LogP contribution in [-0.2, 0) is 25.9 Å². The van der Waals surface area contributed by atoms with Gasteiger partial charge in [0.1, 0.15) is 35.5 Å². The van der Waals surface area contributed by atoms with E-state index in [0.717, 1.165) is 105 Å². The van der Waals surface area contributed by atoms with Gasteiger partial charge in [-0.3, -0.25) is 18.7 Å². The molecule has 4 aliphatic heterocycles. The number of hydrogen-bond acceptors (Lipinski definition) is 12. The summed E-state index contributed by atoms with van der Waals surface area (Å²) in [6.45, 7) is 9.60. The van der Waals surface area contributed by atoms with Crippen molar-refractivity contribution in [2.45, 2.75) is 115 Å². The van der Waals surface area contributed by atoms with E-state index in [2.05, 4.69) is 105 Å². The first kappa shape index (κ1) is 59.4. The van der Waals surface area contributed by atoms with Crippen LogP contribution in [0.3, 0.4) is 0 Å². The predicted molar refractivity (Wildman–Crippen MR) is 306 cm³/mol. The molecule has 0 amide bonds.